The molecular weight excluding hydrogens is 289 g/mol. The first-order chi connectivity index (χ1) is 9.11. The third kappa shape index (κ3) is 3.46. The molecule has 0 aliphatic heterocycles. The monoisotopic (exact) mass is 300 g/mol. The van der Waals surface area contributed by atoms with Gasteiger partial charge in [-0.05, 0) is 36.2 Å². The van der Waals surface area contributed by atoms with E-state index in [1.165, 1.54) is 18.2 Å². The lowest BCUT2D eigenvalue weighted by molar-refractivity contribution is 0.597. The van der Waals surface area contributed by atoms with Crippen molar-refractivity contribution in [3.63, 3.8) is 0 Å². The van der Waals surface area contributed by atoms with E-state index in [-0.39, 0.29) is 17.6 Å². The highest BCUT2D eigenvalue weighted by Gasteiger charge is 2.16. The molecular formula is C15H12Cl2F2. The maximum absolute atomic E-state index is 13.7. The maximum atomic E-state index is 13.7. The number of benzene rings is 2. The molecule has 0 radical (unpaired) electrons. The fraction of sp³-hybridized carbons (Fsp3) is 0.200. The molecule has 0 aliphatic carbocycles. The maximum Gasteiger partial charge on any atom is 0.127 e. The van der Waals surface area contributed by atoms with Gasteiger partial charge in [-0.25, -0.2) is 8.78 Å². The van der Waals surface area contributed by atoms with Crippen LogP contribution in [0.4, 0.5) is 8.78 Å². The van der Waals surface area contributed by atoms with Crippen molar-refractivity contribution in [1.82, 2.24) is 0 Å². The van der Waals surface area contributed by atoms with Gasteiger partial charge in [0.25, 0.3) is 0 Å². The lowest BCUT2D eigenvalue weighted by atomic mass is 9.93. The van der Waals surface area contributed by atoms with Crippen LogP contribution < -0.4 is 0 Å². The first kappa shape index (κ1) is 14.3. The summed E-state index contributed by atoms with van der Waals surface area (Å²) in [6.45, 7) is 0. The molecule has 2 rings (SSSR count). The summed E-state index contributed by atoms with van der Waals surface area (Å²) in [4.78, 5) is 0. The largest absolute Gasteiger partial charge is 0.207 e. The highest BCUT2D eigenvalue weighted by atomic mass is 35.5. The van der Waals surface area contributed by atoms with E-state index >= 15 is 0 Å². The second kappa shape index (κ2) is 6.36. The van der Waals surface area contributed by atoms with Crippen LogP contribution in [0, 0.1) is 11.6 Å². The van der Waals surface area contributed by atoms with Crippen LogP contribution >= 0.6 is 23.2 Å². The van der Waals surface area contributed by atoms with Gasteiger partial charge in [-0.3, -0.25) is 0 Å². The molecule has 0 bridgehead atoms. The van der Waals surface area contributed by atoms with E-state index < -0.39 is 0 Å². The average molecular weight is 301 g/mol. The van der Waals surface area contributed by atoms with Crippen molar-refractivity contribution in [3.05, 3.63) is 70.2 Å². The van der Waals surface area contributed by atoms with Crippen molar-refractivity contribution in [2.24, 2.45) is 0 Å². The van der Waals surface area contributed by atoms with Gasteiger partial charge in [-0.1, -0.05) is 29.8 Å². The van der Waals surface area contributed by atoms with Crippen LogP contribution in [0.15, 0.2) is 42.5 Å². The van der Waals surface area contributed by atoms with Crippen molar-refractivity contribution in [3.8, 4) is 0 Å². The molecule has 0 saturated carbocycles. The molecule has 0 N–H and O–H groups in total. The Labute approximate surface area is 121 Å². The number of alkyl halides is 1. The average Bonchev–Trinajstić information content (AvgIpc) is 2.40. The molecule has 0 heterocycles. The molecule has 100 valence electrons. The lowest BCUT2D eigenvalue weighted by Gasteiger charge is -2.16. The van der Waals surface area contributed by atoms with Crippen LogP contribution in [-0.4, -0.2) is 5.88 Å². The normalized spacial score (nSPS) is 12.4. The molecule has 2 aromatic rings. The molecule has 4 heteroatoms. The van der Waals surface area contributed by atoms with Gasteiger partial charge in [0.15, 0.2) is 0 Å². The summed E-state index contributed by atoms with van der Waals surface area (Å²) in [5.41, 5.74) is 1.31. The van der Waals surface area contributed by atoms with Crippen LogP contribution in [0.5, 0.6) is 0 Å². The van der Waals surface area contributed by atoms with Crippen molar-refractivity contribution >= 4 is 23.2 Å². The van der Waals surface area contributed by atoms with Crippen LogP contribution in [0.2, 0.25) is 5.02 Å². The SMILES string of the molecule is Fc1ccc(C(CCl)Cc2c(F)cccc2Cl)cc1. The summed E-state index contributed by atoms with van der Waals surface area (Å²) < 4.78 is 26.6. The zero-order valence-corrected chi connectivity index (χ0v) is 11.6. The number of hydrogen-bond donors (Lipinski definition) is 0. The predicted molar refractivity (Wildman–Crippen MR) is 75.0 cm³/mol. The quantitative estimate of drug-likeness (QED) is 0.682. The zero-order chi connectivity index (χ0) is 13.8. The lowest BCUT2D eigenvalue weighted by Crippen LogP contribution is -2.07. The number of halogens is 4. The smallest absolute Gasteiger partial charge is 0.127 e. The van der Waals surface area contributed by atoms with Crippen LogP contribution in [-0.2, 0) is 6.42 Å². The fourth-order valence-corrected chi connectivity index (χ4v) is 2.50. The minimum Gasteiger partial charge on any atom is -0.207 e. The second-order valence-corrected chi connectivity index (χ2v) is 5.02. The molecule has 0 amide bonds. The van der Waals surface area contributed by atoms with Crippen molar-refractivity contribution < 1.29 is 8.78 Å². The molecule has 1 unspecified atom stereocenters. The Morgan fingerprint density at radius 3 is 2.26 bits per heavy atom. The van der Waals surface area contributed by atoms with Gasteiger partial charge in [0.1, 0.15) is 11.6 Å². The Morgan fingerprint density at radius 1 is 1.00 bits per heavy atom. The first-order valence-corrected chi connectivity index (χ1v) is 6.77. The van der Waals surface area contributed by atoms with Gasteiger partial charge in [-0.2, -0.15) is 0 Å². The first-order valence-electron chi connectivity index (χ1n) is 5.86. The summed E-state index contributed by atoms with van der Waals surface area (Å²) in [6.07, 6.45) is 0.390. The molecule has 0 aliphatic rings. The summed E-state index contributed by atoms with van der Waals surface area (Å²) in [5, 5.41) is 0.386. The second-order valence-electron chi connectivity index (χ2n) is 4.31. The third-order valence-corrected chi connectivity index (χ3v) is 3.77. The van der Waals surface area contributed by atoms with Gasteiger partial charge in [-0.15, -0.1) is 11.6 Å². The molecule has 2 aromatic carbocycles. The van der Waals surface area contributed by atoms with E-state index in [1.54, 1.807) is 24.3 Å². The Hall–Kier alpha value is -1.12. The minimum atomic E-state index is -0.343. The summed E-state index contributed by atoms with van der Waals surface area (Å²) in [6, 6.07) is 10.7. The van der Waals surface area contributed by atoms with E-state index in [1.807, 2.05) is 0 Å². The highest BCUT2D eigenvalue weighted by molar-refractivity contribution is 6.31. The van der Waals surface area contributed by atoms with E-state index in [0.717, 1.165) is 5.56 Å². The molecule has 0 fully saturated rings. The fourth-order valence-electron chi connectivity index (χ4n) is 1.97. The van der Waals surface area contributed by atoms with E-state index in [9.17, 15) is 8.78 Å². The molecule has 0 aromatic heterocycles. The van der Waals surface area contributed by atoms with Crippen LogP contribution in [0.25, 0.3) is 0 Å². The standard InChI is InChI=1S/C15H12Cl2F2/c16-9-11(10-4-6-12(18)7-5-10)8-13-14(17)2-1-3-15(13)19/h1-7,11H,8-9H2. The van der Waals surface area contributed by atoms with Crippen LogP contribution in [0.3, 0.4) is 0 Å². The van der Waals surface area contributed by atoms with Gasteiger partial charge in [0.05, 0.1) is 0 Å². The summed E-state index contributed by atoms with van der Waals surface area (Å²) >= 11 is 11.9. The van der Waals surface area contributed by atoms with Gasteiger partial charge >= 0.3 is 0 Å². The Morgan fingerprint density at radius 2 is 1.68 bits per heavy atom. The van der Waals surface area contributed by atoms with Gasteiger partial charge in [0.2, 0.25) is 0 Å². The Kier molecular flexibility index (Phi) is 4.78. The molecule has 1 atom stereocenters. The van der Waals surface area contributed by atoms with Crippen molar-refractivity contribution in [2.45, 2.75) is 12.3 Å². The molecule has 0 saturated heterocycles. The van der Waals surface area contributed by atoms with Crippen LogP contribution in [0.1, 0.15) is 17.0 Å². The topological polar surface area (TPSA) is 0 Å². The van der Waals surface area contributed by atoms with E-state index in [4.69, 9.17) is 23.2 Å². The highest BCUT2D eigenvalue weighted by Crippen LogP contribution is 2.28. The molecule has 0 nitrogen and oxygen atoms in total. The van der Waals surface area contributed by atoms with Crippen molar-refractivity contribution in [1.29, 1.82) is 0 Å². The number of hydrogen-bond acceptors (Lipinski definition) is 0. The van der Waals surface area contributed by atoms with Gasteiger partial charge in [0, 0.05) is 22.4 Å². The Balaban J connectivity index is 2.26. The predicted octanol–water partition coefficient (Wildman–Crippen LogP) is 5.18. The zero-order valence-electron chi connectivity index (χ0n) is 10.0. The van der Waals surface area contributed by atoms with E-state index in [2.05, 4.69) is 0 Å². The van der Waals surface area contributed by atoms with Crippen molar-refractivity contribution in [2.75, 3.05) is 5.88 Å². The summed E-state index contributed by atoms with van der Waals surface area (Å²) in [5.74, 6) is -0.432. The minimum absolute atomic E-state index is 0.100. The molecule has 19 heavy (non-hydrogen) atoms. The summed E-state index contributed by atoms with van der Waals surface area (Å²) in [7, 11) is 0. The van der Waals surface area contributed by atoms with E-state index in [0.29, 0.717) is 22.9 Å². The van der Waals surface area contributed by atoms with Gasteiger partial charge < -0.3 is 0 Å². The number of rotatable bonds is 4. The molecule has 0 spiro atoms. The Bertz CT molecular complexity index is 532. The third-order valence-electron chi connectivity index (χ3n) is 3.04.